The van der Waals surface area contributed by atoms with E-state index >= 15 is 0 Å². The molecule has 6 heteroatoms. The van der Waals surface area contributed by atoms with Gasteiger partial charge in [-0.15, -0.1) is 0 Å². The summed E-state index contributed by atoms with van der Waals surface area (Å²) in [7, 11) is 0. The highest BCUT2D eigenvalue weighted by atomic mass is 16.3. The van der Waals surface area contributed by atoms with Crippen LogP contribution in [0.15, 0.2) is 23.5 Å². The third-order valence-corrected chi connectivity index (χ3v) is 8.35. The van der Waals surface area contributed by atoms with Gasteiger partial charge in [0.2, 0.25) is 0 Å². The second-order valence-corrected chi connectivity index (χ2v) is 9.79. The molecule has 4 aliphatic rings. The van der Waals surface area contributed by atoms with E-state index in [-0.39, 0.29) is 30.3 Å². The molecule has 0 radical (unpaired) electrons. The summed E-state index contributed by atoms with van der Waals surface area (Å²) in [5.41, 5.74) is -2.67. The molecule has 28 heavy (non-hydrogen) atoms. The summed E-state index contributed by atoms with van der Waals surface area (Å²) < 4.78 is 0. The number of carbonyl (C=O) groups is 4. The third-order valence-electron chi connectivity index (χ3n) is 8.35. The summed E-state index contributed by atoms with van der Waals surface area (Å²) in [5, 5.41) is 21.4. The van der Waals surface area contributed by atoms with Crippen LogP contribution in [0.5, 0.6) is 0 Å². The van der Waals surface area contributed by atoms with Gasteiger partial charge in [-0.2, -0.15) is 0 Å². The van der Waals surface area contributed by atoms with Gasteiger partial charge in [-0.25, -0.2) is 0 Å². The van der Waals surface area contributed by atoms with Gasteiger partial charge < -0.3 is 10.2 Å². The lowest BCUT2D eigenvalue weighted by atomic mass is 9.36. The van der Waals surface area contributed by atoms with Crippen molar-refractivity contribution in [2.45, 2.75) is 53.1 Å². The van der Waals surface area contributed by atoms with Crippen LogP contribution in [0.25, 0.3) is 0 Å². The number of hydrogen-bond donors (Lipinski definition) is 2. The molecule has 0 heterocycles. The fraction of sp³-hybridized carbons (Fsp3) is 0.636. The van der Waals surface area contributed by atoms with Gasteiger partial charge in [0.25, 0.3) is 0 Å². The minimum atomic E-state index is -1.45. The zero-order chi connectivity index (χ0) is 20.8. The second kappa shape index (κ2) is 5.50. The topological polar surface area (TPSA) is 109 Å². The molecule has 7 unspecified atom stereocenters. The smallest absolute Gasteiger partial charge is 0.197 e. The molecule has 2 fully saturated rings. The summed E-state index contributed by atoms with van der Waals surface area (Å²) in [6.45, 7) is 6.91. The van der Waals surface area contributed by atoms with Crippen molar-refractivity contribution in [1.29, 1.82) is 0 Å². The van der Waals surface area contributed by atoms with Gasteiger partial charge >= 0.3 is 0 Å². The van der Waals surface area contributed by atoms with Crippen molar-refractivity contribution in [2.75, 3.05) is 0 Å². The molecule has 2 saturated carbocycles. The van der Waals surface area contributed by atoms with E-state index in [1.54, 1.807) is 26.8 Å². The quantitative estimate of drug-likeness (QED) is 0.660. The molecule has 4 rings (SSSR count). The predicted octanol–water partition coefficient (Wildman–Crippen LogP) is 2.10. The van der Waals surface area contributed by atoms with E-state index in [1.165, 1.54) is 6.08 Å². The molecule has 0 aromatic rings. The van der Waals surface area contributed by atoms with Gasteiger partial charge in [-0.1, -0.05) is 26.3 Å². The zero-order valence-electron chi connectivity index (χ0n) is 16.6. The molecular weight excluding hydrogens is 360 g/mol. The SMILES string of the molecule is CC1=CC(=O)C2CC(=O)C3C(C)(C(O)C(=O)C4(C)CC(=O)C(O)=CC34C)C2C1. The average Bonchev–Trinajstić information content (AvgIpc) is 2.59. The Morgan fingerprint density at radius 3 is 2.36 bits per heavy atom. The van der Waals surface area contributed by atoms with Crippen LogP contribution in [-0.4, -0.2) is 39.5 Å². The molecule has 4 aliphatic carbocycles. The first-order valence-corrected chi connectivity index (χ1v) is 9.79. The Bertz CT molecular complexity index is 897. The molecule has 0 saturated heterocycles. The maximum absolute atomic E-state index is 13.4. The molecule has 0 amide bonds. The van der Waals surface area contributed by atoms with Crippen LogP contribution in [0, 0.1) is 34.0 Å². The lowest BCUT2D eigenvalue weighted by Gasteiger charge is -2.65. The summed E-state index contributed by atoms with van der Waals surface area (Å²) in [5.74, 6) is -3.46. The van der Waals surface area contributed by atoms with Crippen molar-refractivity contribution in [3.05, 3.63) is 23.5 Å². The Morgan fingerprint density at radius 1 is 1.07 bits per heavy atom. The normalized spacial score (nSPS) is 48.3. The van der Waals surface area contributed by atoms with E-state index in [4.69, 9.17) is 0 Å². The highest BCUT2D eigenvalue weighted by Gasteiger charge is 2.73. The number of aliphatic hydroxyl groups excluding tert-OH is 2. The molecule has 2 N–H and O–H groups in total. The van der Waals surface area contributed by atoms with Crippen molar-refractivity contribution in [3.8, 4) is 0 Å². The Balaban J connectivity index is 1.97. The van der Waals surface area contributed by atoms with Crippen LogP contribution < -0.4 is 0 Å². The van der Waals surface area contributed by atoms with Crippen LogP contribution in [0.3, 0.4) is 0 Å². The number of aliphatic hydroxyl groups is 2. The van der Waals surface area contributed by atoms with Crippen LogP contribution in [0.4, 0.5) is 0 Å². The third kappa shape index (κ3) is 2.02. The summed E-state index contributed by atoms with van der Waals surface area (Å²) in [4.78, 5) is 51.6. The molecule has 0 aromatic heterocycles. The minimum absolute atomic E-state index is 0.0582. The zero-order valence-corrected chi connectivity index (χ0v) is 16.6. The van der Waals surface area contributed by atoms with E-state index < -0.39 is 51.5 Å². The maximum atomic E-state index is 13.4. The maximum Gasteiger partial charge on any atom is 0.197 e. The van der Waals surface area contributed by atoms with Gasteiger partial charge in [0, 0.05) is 40.9 Å². The molecule has 0 aromatic carbocycles. The van der Waals surface area contributed by atoms with Crippen LogP contribution >= 0.6 is 0 Å². The van der Waals surface area contributed by atoms with Crippen molar-refractivity contribution in [1.82, 2.24) is 0 Å². The summed E-state index contributed by atoms with van der Waals surface area (Å²) in [6.07, 6.45) is 1.81. The van der Waals surface area contributed by atoms with E-state index in [9.17, 15) is 29.4 Å². The Morgan fingerprint density at radius 2 is 1.71 bits per heavy atom. The van der Waals surface area contributed by atoms with Crippen molar-refractivity contribution < 1.29 is 29.4 Å². The first kappa shape index (κ1) is 19.2. The monoisotopic (exact) mass is 386 g/mol. The van der Waals surface area contributed by atoms with Crippen LogP contribution in [-0.2, 0) is 19.2 Å². The second-order valence-electron chi connectivity index (χ2n) is 9.79. The van der Waals surface area contributed by atoms with Gasteiger partial charge in [0.05, 0.1) is 0 Å². The number of ketones is 4. The van der Waals surface area contributed by atoms with Crippen molar-refractivity contribution >= 4 is 23.1 Å². The largest absolute Gasteiger partial charge is 0.505 e. The first-order valence-electron chi connectivity index (χ1n) is 9.79. The number of rotatable bonds is 0. The molecule has 0 spiro atoms. The van der Waals surface area contributed by atoms with Gasteiger partial charge in [0.1, 0.15) is 11.9 Å². The number of Topliss-reactive ketones (excluding diaryl/α,β-unsaturated/α-hetero) is 3. The summed E-state index contributed by atoms with van der Waals surface area (Å²) >= 11 is 0. The van der Waals surface area contributed by atoms with Gasteiger partial charge in [-0.3, -0.25) is 19.2 Å². The van der Waals surface area contributed by atoms with Gasteiger partial charge in [-0.05, 0) is 31.4 Å². The van der Waals surface area contributed by atoms with Gasteiger partial charge in [0.15, 0.2) is 23.1 Å². The fourth-order valence-electron chi connectivity index (χ4n) is 6.69. The molecule has 6 nitrogen and oxygen atoms in total. The number of carbonyl (C=O) groups excluding carboxylic acids is 4. The van der Waals surface area contributed by atoms with Crippen molar-refractivity contribution in [3.63, 3.8) is 0 Å². The lowest BCUT2D eigenvalue weighted by Crippen LogP contribution is -2.72. The fourth-order valence-corrected chi connectivity index (χ4v) is 6.69. The summed E-state index contributed by atoms with van der Waals surface area (Å²) in [6, 6.07) is 0. The molecule has 150 valence electrons. The van der Waals surface area contributed by atoms with E-state index in [0.29, 0.717) is 6.42 Å². The lowest BCUT2D eigenvalue weighted by molar-refractivity contribution is -0.205. The number of fused-ring (bicyclic) bond motifs is 5. The van der Waals surface area contributed by atoms with Crippen LogP contribution in [0.1, 0.15) is 47.0 Å². The molecular formula is C22H26O6. The standard InChI is InChI=1S/C22H26O6/c1-10-5-12-11(13(23)6-10)7-14(24)17-20(2)8-15(25)16(26)9-21(20,3)18(27)19(28)22(12,17)4/h6,8,11-12,17,19,25,28H,5,7,9H2,1-4H3. The predicted molar refractivity (Wildman–Crippen MR) is 99.1 cm³/mol. The highest BCUT2D eigenvalue weighted by molar-refractivity contribution is 6.05. The van der Waals surface area contributed by atoms with Crippen LogP contribution in [0.2, 0.25) is 0 Å². The van der Waals surface area contributed by atoms with E-state index in [1.807, 2.05) is 6.92 Å². The molecule has 0 aliphatic heterocycles. The molecule has 7 atom stereocenters. The van der Waals surface area contributed by atoms with E-state index in [2.05, 4.69) is 0 Å². The minimum Gasteiger partial charge on any atom is -0.505 e. The highest BCUT2D eigenvalue weighted by Crippen LogP contribution is 2.68. The Labute approximate surface area is 163 Å². The average molecular weight is 386 g/mol. The molecule has 0 bridgehead atoms. The number of hydrogen-bond acceptors (Lipinski definition) is 6. The Kier molecular flexibility index (Phi) is 3.78. The Hall–Kier alpha value is -2.08. The number of allylic oxidation sites excluding steroid dienone is 4. The first-order chi connectivity index (χ1) is 12.9. The van der Waals surface area contributed by atoms with E-state index in [0.717, 1.165) is 5.57 Å². The van der Waals surface area contributed by atoms with Crippen molar-refractivity contribution in [2.24, 2.45) is 34.0 Å².